The highest BCUT2D eigenvalue weighted by Crippen LogP contribution is 2.30. The van der Waals surface area contributed by atoms with Crippen molar-refractivity contribution in [1.29, 1.82) is 0 Å². The molecule has 116 valence electrons. The lowest BCUT2D eigenvalue weighted by molar-refractivity contribution is -0.137. The molecule has 2 nitrogen and oxygen atoms in total. The maximum absolute atomic E-state index is 13.5. The summed E-state index contributed by atoms with van der Waals surface area (Å²) in [6.45, 7) is 0. The quantitative estimate of drug-likeness (QED) is 0.689. The predicted octanol–water partition coefficient (Wildman–Crippen LogP) is 3.90. The summed E-state index contributed by atoms with van der Waals surface area (Å²) in [4.78, 5) is 11.9. The molecular weight excluding hydrogens is 307 g/mol. The van der Waals surface area contributed by atoms with Crippen LogP contribution < -0.4 is 0 Å². The predicted molar refractivity (Wildman–Crippen MR) is 67.1 cm³/mol. The summed E-state index contributed by atoms with van der Waals surface area (Å²) in [5, 5.41) is 9.78. The minimum absolute atomic E-state index is 0.289. The van der Waals surface area contributed by atoms with Crippen molar-refractivity contribution in [3.05, 3.63) is 70.8 Å². The highest BCUT2D eigenvalue weighted by molar-refractivity contribution is 5.99. The van der Waals surface area contributed by atoms with E-state index in [1.807, 2.05) is 0 Å². The minimum Gasteiger partial charge on any atom is -0.380 e. The average molecular weight is 316 g/mol. The Kier molecular flexibility index (Phi) is 4.27. The topological polar surface area (TPSA) is 37.3 Å². The Bertz CT molecular complexity index is 672. The molecule has 22 heavy (non-hydrogen) atoms. The van der Waals surface area contributed by atoms with Gasteiger partial charge in [0.25, 0.3) is 0 Å². The Morgan fingerprint density at radius 3 is 1.91 bits per heavy atom. The SMILES string of the molecule is O=C(c1ccc(C(F)(F)F)cc1)[C@H](O)c1c(F)cccc1F. The van der Waals surface area contributed by atoms with E-state index in [9.17, 15) is 31.9 Å². The Balaban J connectivity index is 2.32. The van der Waals surface area contributed by atoms with Crippen LogP contribution in [0.2, 0.25) is 0 Å². The van der Waals surface area contributed by atoms with E-state index in [2.05, 4.69) is 0 Å². The lowest BCUT2D eigenvalue weighted by Crippen LogP contribution is -2.16. The van der Waals surface area contributed by atoms with Gasteiger partial charge in [-0.3, -0.25) is 4.79 Å². The fourth-order valence-electron chi connectivity index (χ4n) is 1.88. The molecule has 0 bridgehead atoms. The van der Waals surface area contributed by atoms with E-state index in [0.717, 1.165) is 30.3 Å². The summed E-state index contributed by atoms with van der Waals surface area (Å²) >= 11 is 0. The highest BCUT2D eigenvalue weighted by Gasteiger charge is 2.31. The lowest BCUT2D eigenvalue weighted by Gasteiger charge is -2.13. The molecule has 7 heteroatoms. The van der Waals surface area contributed by atoms with E-state index in [-0.39, 0.29) is 5.56 Å². The maximum Gasteiger partial charge on any atom is 0.416 e. The number of rotatable bonds is 3. The average Bonchev–Trinajstić information content (AvgIpc) is 2.45. The lowest BCUT2D eigenvalue weighted by atomic mass is 9.98. The molecule has 0 radical (unpaired) electrons. The van der Waals surface area contributed by atoms with Gasteiger partial charge in [0.05, 0.1) is 11.1 Å². The molecule has 2 aromatic rings. The molecule has 0 aliphatic rings. The molecule has 1 atom stereocenters. The number of benzene rings is 2. The van der Waals surface area contributed by atoms with Gasteiger partial charge in [0.1, 0.15) is 17.7 Å². The number of halogens is 5. The first-order valence-electron chi connectivity index (χ1n) is 6.05. The third-order valence-corrected chi connectivity index (χ3v) is 3.02. The van der Waals surface area contributed by atoms with Crippen LogP contribution in [0.4, 0.5) is 22.0 Å². The third-order valence-electron chi connectivity index (χ3n) is 3.02. The van der Waals surface area contributed by atoms with E-state index < -0.39 is 40.8 Å². The second-order valence-electron chi connectivity index (χ2n) is 4.48. The van der Waals surface area contributed by atoms with Crippen LogP contribution in [0.5, 0.6) is 0 Å². The number of aliphatic hydroxyl groups excluding tert-OH is 1. The van der Waals surface area contributed by atoms with Gasteiger partial charge in [-0.1, -0.05) is 18.2 Å². The summed E-state index contributed by atoms with van der Waals surface area (Å²) < 4.78 is 64.2. The number of hydrogen-bond acceptors (Lipinski definition) is 2. The van der Waals surface area contributed by atoms with Crippen molar-refractivity contribution < 1.29 is 31.9 Å². The fraction of sp³-hybridized carbons (Fsp3) is 0.133. The largest absolute Gasteiger partial charge is 0.416 e. The molecule has 0 heterocycles. The maximum atomic E-state index is 13.5. The van der Waals surface area contributed by atoms with Crippen LogP contribution in [0.3, 0.4) is 0 Å². The zero-order valence-electron chi connectivity index (χ0n) is 10.9. The van der Waals surface area contributed by atoms with Crippen LogP contribution in [0, 0.1) is 11.6 Å². The van der Waals surface area contributed by atoms with E-state index in [1.165, 1.54) is 0 Å². The summed E-state index contributed by atoms with van der Waals surface area (Å²) in [6, 6.07) is 5.77. The van der Waals surface area contributed by atoms with Crippen molar-refractivity contribution in [3.63, 3.8) is 0 Å². The van der Waals surface area contributed by atoms with Crippen molar-refractivity contribution in [2.24, 2.45) is 0 Å². The molecule has 0 aliphatic heterocycles. The van der Waals surface area contributed by atoms with E-state index in [1.54, 1.807) is 0 Å². The first-order chi connectivity index (χ1) is 10.2. The van der Waals surface area contributed by atoms with Crippen LogP contribution in [0.1, 0.15) is 27.6 Å². The zero-order valence-corrected chi connectivity index (χ0v) is 10.9. The molecule has 0 unspecified atom stereocenters. The molecule has 0 aliphatic carbocycles. The molecule has 2 rings (SSSR count). The minimum atomic E-state index is -4.57. The van der Waals surface area contributed by atoms with Crippen molar-refractivity contribution in [2.75, 3.05) is 0 Å². The molecule has 0 spiro atoms. The number of carbonyl (C=O) groups excluding carboxylic acids is 1. The van der Waals surface area contributed by atoms with Crippen molar-refractivity contribution in [1.82, 2.24) is 0 Å². The van der Waals surface area contributed by atoms with Crippen LogP contribution >= 0.6 is 0 Å². The number of aliphatic hydroxyl groups is 1. The van der Waals surface area contributed by atoms with E-state index >= 15 is 0 Å². The van der Waals surface area contributed by atoms with Crippen LogP contribution in [-0.4, -0.2) is 10.9 Å². The number of Topliss-reactive ketones (excluding diaryl/α,β-unsaturated/α-hetero) is 1. The van der Waals surface area contributed by atoms with Gasteiger partial charge >= 0.3 is 6.18 Å². The molecule has 0 fully saturated rings. The number of carbonyl (C=O) groups is 1. The summed E-state index contributed by atoms with van der Waals surface area (Å²) in [6.07, 6.45) is -6.71. The van der Waals surface area contributed by atoms with Crippen molar-refractivity contribution in [3.8, 4) is 0 Å². The number of alkyl halides is 3. The molecule has 0 aromatic heterocycles. The Morgan fingerprint density at radius 2 is 1.45 bits per heavy atom. The number of hydrogen-bond donors (Lipinski definition) is 1. The van der Waals surface area contributed by atoms with Crippen LogP contribution in [0.25, 0.3) is 0 Å². The second kappa shape index (κ2) is 5.84. The van der Waals surface area contributed by atoms with Gasteiger partial charge in [-0.05, 0) is 24.3 Å². The third kappa shape index (κ3) is 3.14. The van der Waals surface area contributed by atoms with Crippen LogP contribution in [-0.2, 0) is 6.18 Å². The standard InChI is InChI=1S/C15H9F5O2/c16-10-2-1-3-11(17)12(10)14(22)13(21)8-4-6-9(7-5-8)15(18,19)20/h1-7,14,22H/t14-/m1/s1. The summed E-state index contributed by atoms with van der Waals surface area (Å²) in [7, 11) is 0. The van der Waals surface area contributed by atoms with Gasteiger partial charge in [-0.2, -0.15) is 13.2 Å². The summed E-state index contributed by atoms with van der Waals surface area (Å²) in [5.74, 6) is -3.33. The normalized spacial score (nSPS) is 13.0. The first-order valence-corrected chi connectivity index (χ1v) is 6.05. The van der Waals surface area contributed by atoms with Gasteiger partial charge in [-0.15, -0.1) is 0 Å². The molecule has 0 saturated carbocycles. The Morgan fingerprint density at radius 1 is 0.955 bits per heavy atom. The fourth-order valence-corrected chi connectivity index (χ4v) is 1.88. The van der Waals surface area contributed by atoms with Crippen molar-refractivity contribution >= 4 is 5.78 Å². The van der Waals surface area contributed by atoms with Gasteiger partial charge < -0.3 is 5.11 Å². The van der Waals surface area contributed by atoms with E-state index in [4.69, 9.17) is 0 Å². The smallest absolute Gasteiger partial charge is 0.380 e. The molecule has 0 amide bonds. The molecule has 2 aromatic carbocycles. The monoisotopic (exact) mass is 316 g/mol. The highest BCUT2D eigenvalue weighted by atomic mass is 19.4. The first kappa shape index (κ1) is 16.1. The Labute approximate surface area is 121 Å². The van der Waals surface area contributed by atoms with Crippen molar-refractivity contribution in [2.45, 2.75) is 12.3 Å². The van der Waals surface area contributed by atoms with Gasteiger partial charge in [0.15, 0.2) is 5.78 Å². The Hall–Kier alpha value is -2.28. The van der Waals surface area contributed by atoms with Gasteiger partial charge in [0, 0.05) is 5.56 Å². The second-order valence-corrected chi connectivity index (χ2v) is 4.48. The summed E-state index contributed by atoms with van der Waals surface area (Å²) in [5.41, 5.74) is -2.11. The zero-order chi connectivity index (χ0) is 16.5. The molecule has 0 saturated heterocycles. The number of ketones is 1. The van der Waals surface area contributed by atoms with Gasteiger partial charge in [-0.25, -0.2) is 8.78 Å². The molecular formula is C15H9F5O2. The van der Waals surface area contributed by atoms with Crippen LogP contribution in [0.15, 0.2) is 42.5 Å². The van der Waals surface area contributed by atoms with E-state index in [0.29, 0.717) is 12.1 Å². The molecule has 1 N–H and O–H groups in total. The van der Waals surface area contributed by atoms with Gasteiger partial charge in [0.2, 0.25) is 0 Å².